The van der Waals surface area contributed by atoms with Crippen molar-refractivity contribution in [2.24, 2.45) is 0 Å². The summed E-state index contributed by atoms with van der Waals surface area (Å²) in [6, 6.07) is 9.98. The molecule has 1 N–H and O–H groups in total. The van der Waals surface area contributed by atoms with Crippen LogP contribution in [0, 0.1) is 10.1 Å². The molecular weight excluding hydrogens is 361 g/mol. The van der Waals surface area contributed by atoms with Gasteiger partial charge < -0.3 is 10.1 Å². The molecular formula is C19H21F3N2O3. The van der Waals surface area contributed by atoms with Gasteiger partial charge in [-0.2, -0.15) is 13.2 Å². The summed E-state index contributed by atoms with van der Waals surface area (Å²) in [7, 11) is 0. The van der Waals surface area contributed by atoms with Gasteiger partial charge in [-0.05, 0) is 35.2 Å². The van der Waals surface area contributed by atoms with Crippen LogP contribution >= 0.6 is 0 Å². The summed E-state index contributed by atoms with van der Waals surface area (Å²) in [5.41, 5.74) is -0.482. The van der Waals surface area contributed by atoms with Gasteiger partial charge in [0.1, 0.15) is 18.0 Å². The molecule has 0 atom stereocenters. The topological polar surface area (TPSA) is 64.4 Å². The van der Waals surface area contributed by atoms with E-state index in [2.05, 4.69) is 26.1 Å². The van der Waals surface area contributed by atoms with Crippen LogP contribution in [0.1, 0.15) is 31.9 Å². The van der Waals surface area contributed by atoms with Gasteiger partial charge in [0.2, 0.25) is 0 Å². The summed E-state index contributed by atoms with van der Waals surface area (Å²) in [4.78, 5) is 10.2. The first-order valence-electron chi connectivity index (χ1n) is 8.31. The zero-order valence-electron chi connectivity index (χ0n) is 15.3. The van der Waals surface area contributed by atoms with Crippen molar-refractivity contribution >= 4 is 11.4 Å². The quantitative estimate of drug-likeness (QED) is 0.413. The number of halogens is 3. The minimum Gasteiger partial charge on any atom is -0.492 e. The van der Waals surface area contributed by atoms with Gasteiger partial charge in [-0.1, -0.05) is 32.9 Å². The Labute approximate surface area is 155 Å². The lowest BCUT2D eigenvalue weighted by molar-refractivity contribution is -0.384. The zero-order chi connectivity index (χ0) is 20.2. The minimum absolute atomic E-state index is 0.0136. The normalized spacial score (nSPS) is 11.9. The maximum Gasteiger partial charge on any atom is 0.416 e. The van der Waals surface area contributed by atoms with Crippen molar-refractivity contribution in [1.29, 1.82) is 0 Å². The third-order valence-electron chi connectivity index (χ3n) is 3.93. The summed E-state index contributed by atoms with van der Waals surface area (Å²) in [5.74, 6) is 0.645. The van der Waals surface area contributed by atoms with Gasteiger partial charge in [0.15, 0.2) is 0 Å². The maximum atomic E-state index is 12.7. The second kappa shape index (κ2) is 7.85. The molecule has 146 valence electrons. The molecule has 0 bridgehead atoms. The molecule has 0 aliphatic carbocycles. The van der Waals surface area contributed by atoms with Crippen LogP contribution in [0.4, 0.5) is 24.5 Å². The van der Waals surface area contributed by atoms with Gasteiger partial charge in [-0.15, -0.1) is 0 Å². The van der Waals surface area contributed by atoms with E-state index in [0.717, 1.165) is 17.7 Å². The van der Waals surface area contributed by atoms with E-state index in [1.807, 2.05) is 24.3 Å². The number of ether oxygens (including phenoxy) is 1. The predicted molar refractivity (Wildman–Crippen MR) is 97.2 cm³/mol. The van der Waals surface area contributed by atoms with Gasteiger partial charge in [0.05, 0.1) is 10.5 Å². The monoisotopic (exact) mass is 382 g/mol. The van der Waals surface area contributed by atoms with Gasteiger partial charge >= 0.3 is 6.18 Å². The van der Waals surface area contributed by atoms with Gasteiger partial charge in [-0.25, -0.2) is 0 Å². The molecule has 8 heteroatoms. The number of alkyl halides is 3. The molecule has 0 aliphatic rings. The second-order valence-corrected chi connectivity index (χ2v) is 7.04. The van der Waals surface area contributed by atoms with E-state index in [1.165, 1.54) is 0 Å². The van der Waals surface area contributed by atoms with Gasteiger partial charge in [0, 0.05) is 12.6 Å². The summed E-state index contributed by atoms with van der Waals surface area (Å²) < 4.78 is 43.7. The van der Waals surface area contributed by atoms with Crippen molar-refractivity contribution < 1.29 is 22.8 Å². The van der Waals surface area contributed by atoms with E-state index in [4.69, 9.17) is 4.74 Å². The molecule has 0 heterocycles. The summed E-state index contributed by atoms with van der Waals surface area (Å²) >= 11 is 0. The number of benzene rings is 2. The zero-order valence-corrected chi connectivity index (χ0v) is 15.3. The summed E-state index contributed by atoms with van der Waals surface area (Å²) in [6.45, 7) is 6.71. The van der Waals surface area contributed by atoms with Crippen LogP contribution in [0.2, 0.25) is 0 Å². The highest BCUT2D eigenvalue weighted by molar-refractivity contribution is 5.63. The van der Waals surface area contributed by atoms with Crippen LogP contribution in [0.3, 0.4) is 0 Å². The van der Waals surface area contributed by atoms with Crippen LogP contribution < -0.4 is 10.1 Å². The number of anilines is 1. The average Bonchev–Trinajstić information content (AvgIpc) is 2.57. The van der Waals surface area contributed by atoms with Crippen molar-refractivity contribution in [2.45, 2.75) is 32.4 Å². The predicted octanol–water partition coefficient (Wildman–Crippen LogP) is 5.40. The average molecular weight is 382 g/mol. The fourth-order valence-corrected chi connectivity index (χ4v) is 2.41. The van der Waals surface area contributed by atoms with Crippen molar-refractivity contribution in [3.63, 3.8) is 0 Å². The molecule has 0 fully saturated rings. The lowest BCUT2D eigenvalue weighted by Crippen LogP contribution is -2.14. The summed E-state index contributed by atoms with van der Waals surface area (Å²) in [6.07, 6.45) is -4.63. The standard InChI is InChI=1S/C19H21F3N2O3/c1-18(2,3)13-4-7-15(8-5-13)27-11-10-23-16-9-6-14(19(20,21)22)12-17(16)24(25)26/h4-9,12,23H,10-11H2,1-3H3. The highest BCUT2D eigenvalue weighted by Crippen LogP contribution is 2.34. The molecule has 2 aromatic carbocycles. The first-order chi connectivity index (χ1) is 12.5. The van der Waals surface area contributed by atoms with E-state index in [0.29, 0.717) is 11.8 Å². The SMILES string of the molecule is CC(C)(C)c1ccc(OCCNc2ccc(C(F)(F)F)cc2[N+](=O)[O-])cc1. The Balaban J connectivity index is 1.96. The third-order valence-corrected chi connectivity index (χ3v) is 3.93. The largest absolute Gasteiger partial charge is 0.492 e. The number of nitrogens with zero attached hydrogens (tertiary/aromatic N) is 1. The van der Waals surface area contributed by atoms with Gasteiger partial charge in [0.25, 0.3) is 5.69 Å². The smallest absolute Gasteiger partial charge is 0.416 e. The highest BCUT2D eigenvalue weighted by atomic mass is 19.4. The Morgan fingerprint density at radius 2 is 1.63 bits per heavy atom. The first kappa shape index (κ1) is 20.5. The lowest BCUT2D eigenvalue weighted by atomic mass is 9.87. The molecule has 0 amide bonds. The molecule has 2 aromatic rings. The number of hydrogen-bond acceptors (Lipinski definition) is 4. The van der Waals surface area contributed by atoms with E-state index >= 15 is 0 Å². The van der Waals surface area contributed by atoms with Crippen molar-refractivity contribution in [3.05, 3.63) is 63.7 Å². The van der Waals surface area contributed by atoms with Crippen molar-refractivity contribution in [1.82, 2.24) is 0 Å². The van der Waals surface area contributed by atoms with Crippen LogP contribution in [0.25, 0.3) is 0 Å². The number of nitro benzene ring substituents is 1. The van der Waals surface area contributed by atoms with E-state index in [9.17, 15) is 23.3 Å². The third kappa shape index (κ3) is 5.60. The van der Waals surface area contributed by atoms with E-state index < -0.39 is 22.4 Å². The number of nitro groups is 1. The Kier molecular flexibility index (Phi) is 5.98. The molecule has 0 saturated heterocycles. The first-order valence-corrected chi connectivity index (χ1v) is 8.31. The Morgan fingerprint density at radius 3 is 2.15 bits per heavy atom. The second-order valence-electron chi connectivity index (χ2n) is 7.04. The van der Waals surface area contributed by atoms with Crippen molar-refractivity contribution in [2.75, 3.05) is 18.5 Å². The van der Waals surface area contributed by atoms with E-state index in [1.54, 1.807) is 0 Å². The number of hydrogen-bond donors (Lipinski definition) is 1. The maximum absolute atomic E-state index is 12.7. The fraction of sp³-hybridized carbons (Fsp3) is 0.368. The summed E-state index contributed by atoms with van der Waals surface area (Å²) in [5, 5.41) is 13.8. The van der Waals surface area contributed by atoms with Gasteiger partial charge in [-0.3, -0.25) is 10.1 Å². The molecule has 0 radical (unpaired) electrons. The molecule has 0 aliphatic heterocycles. The van der Waals surface area contributed by atoms with Crippen LogP contribution in [-0.2, 0) is 11.6 Å². The van der Waals surface area contributed by atoms with Crippen LogP contribution in [0.15, 0.2) is 42.5 Å². The fourth-order valence-electron chi connectivity index (χ4n) is 2.41. The molecule has 0 unspecified atom stereocenters. The highest BCUT2D eigenvalue weighted by Gasteiger charge is 2.33. The molecule has 27 heavy (non-hydrogen) atoms. The van der Waals surface area contributed by atoms with Crippen molar-refractivity contribution in [3.8, 4) is 5.75 Å². The molecule has 0 aromatic heterocycles. The molecule has 0 saturated carbocycles. The number of nitrogens with one attached hydrogen (secondary N) is 1. The molecule has 2 rings (SSSR count). The van der Waals surface area contributed by atoms with Crippen LogP contribution in [-0.4, -0.2) is 18.1 Å². The molecule has 5 nitrogen and oxygen atoms in total. The molecule has 0 spiro atoms. The lowest BCUT2D eigenvalue weighted by Gasteiger charge is -2.19. The van der Waals surface area contributed by atoms with Crippen LogP contribution in [0.5, 0.6) is 5.75 Å². The van der Waals surface area contributed by atoms with E-state index in [-0.39, 0.29) is 24.3 Å². The Hall–Kier alpha value is -2.77. The minimum atomic E-state index is -4.63. The Morgan fingerprint density at radius 1 is 1.04 bits per heavy atom. The number of rotatable bonds is 6. The Bertz CT molecular complexity index is 797.